The number of pyridine rings is 1. The molecule has 0 saturated heterocycles. The third-order valence-electron chi connectivity index (χ3n) is 4.64. The molecule has 0 radical (unpaired) electrons. The lowest BCUT2D eigenvalue weighted by Gasteiger charge is -2.14. The van der Waals surface area contributed by atoms with E-state index in [1.165, 1.54) is 25.7 Å². The number of ether oxygens (including phenoxy) is 1. The van der Waals surface area contributed by atoms with Crippen LogP contribution in [0.25, 0.3) is 10.9 Å². The van der Waals surface area contributed by atoms with Crippen molar-refractivity contribution >= 4 is 10.9 Å². The fraction of sp³-hybridized carbons (Fsp3) is 0.400. The average Bonchev–Trinajstić information content (AvgIpc) is 2.75. The number of unbranched alkanes of at least 4 members (excludes halogenated alkanes) is 4. The van der Waals surface area contributed by atoms with Gasteiger partial charge in [-0.05, 0) is 30.5 Å². The van der Waals surface area contributed by atoms with Crippen LogP contribution in [0.3, 0.4) is 0 Å². The summed E-state index contributed by atoms with van der Waals surface area (Å²) >= 11 is 0. The molecule has 1 N–H and O–H groups in total. The molecule has 0 saturated carbocycles. The quantitative estimate of drug-likeness (QED) is 0.405. The highest BCUT2D eigenvalue weighted by Gasteiger charge is 2.15. The fourth-order valence-electron chi connectivity index (χ4n) is 3.17. The molecule has 2 aromatic carbocycles. The Morgan fingerprint density at radius 2 is 1.54 bits per heavy atom. The second-order valence-electron chi connectivity index (χ2n) is 6.69. The lowest BCUT2D eigenvalue weighted by Crippen LogP contribution is -2.00. The van der Waals surface area contributed by atoms with Crippen LogP contribution >= 0.6 is 0 Å². The highest BCUT2D eigenvalue weighted by molar-refractivity contribution is 5.88. The van der Waals surface area contributed by atoms with Gasteiger partial charge >= 0.3 is 0 Å². The van der Waals surface area contributed by atoms with Gasteiger partial charge in [0, 0.05) is 5.39 Å². The fourth-order valence-corrected chi connectivity index (χ4v) is 3.17. The lowest BCUT2D eigenvalue weighted by molar-refractivity contribution is 0.291. The summed E-state index contributed by atoms with van der Waals surface area (Å²) in [5.41, 5.74) is 2.69. The standard InChI is InChI=1S/C23H27NO2.C2H6/c1-2-3-4-5-9-16-21-22(25)23(19-14-10-11-15-20(19)24-21)26-17-18-12-7-6-8-13-18;1-2/h6-8,10-15,25H,2-5,9,16-17H2,1H3;1-2H3. The minimum atomic E-state index is 0.190. The van der Waals surface area contributed by atoms with E-state index in [0.29, 0.717) is 12.4 Å². The summed E-state index contributed by atoms with van der Waals surface area (Å²) in [5.74, 6) is 0.734. The largest absolute Gasteiger partial charge is 0.503 e. The first-order chi connectivity index (χ1) is 13.8. The number of aryl methyl sites for hydroxylation is 1. The van der Waals surface area contributed by atoms with Crippen LogP contribution < -0.4 is 4.74 Å². The molecule has 0 atom stereocenters. The molecule has 0 aliphatic carbocycles. The summed E-state index contributed by atoms with van der Waals surface area (Å²) in [4.78, 5) is 4.68. The third-order valence-corrected chi connectivity index (χ3v) is 4.64. The molecule has 0 aliphatic heterocycles. The molecule has 0 aliphatic rings. The van der Waals surface area contributed by atoms with Gasteiger partial charge in [-0.25, -0.2) is 4.98 Å². The zero-order chi connectivity index (χ0) is 20.2. The molecule has 150 valence electrons. The number of rotatable bonds is 9. The van der Waals surface area contributed by atoms with E-state index in [4.69, 9.17) is 4.74 Å². The van der Waals surface area contributed by atoms with E-state index in [2.05, 4.69) is 11.9 Å². The van der Waals surface area contributed by atoms with Crippen LogP contribution in [0.15, 0.2) is 54.6 Å². The third kappa shape index (κ3) is 5.98. The van der Waals surface area contributed by atoms with Gasteiger partial charge in [0.15, 0.2) is 11.5 Å². The van der Waals surface area contributed by atoms with E-state index in [-0.39, 0.29) is 5.75 Å². The number of aromatic nitrogens is 1. The number of hydrogen-bond acceptors (Lipinski definition) is 3. The highest BCUT2D eigenvalue weighted by Crippen LogP contribution is 2.37. The number of nitrogens with zero attached hydrogens (tertiary/aromatic N) is 1. The van der Waals surface area contributed by atoms with E-state index >= 15 is 0 Å². The van der Waals surface area contributed by atoms with Crippen LogP contribution in [0.4, 0.5) is 0 Å². The summed E-state index contributed by atoms with van der Waals surface area (Å²) in [7, 11) is 0. The van der Waals surface area contributed by atoms with Crippen LogP contribution in [-0.4, -0.2) is 10.1 Å². The lowest BCUT2D eigenvalue weighted by atomic mass is 10.1. The molecule has 0 bridgehead atoms. The summed E-state index contributed by atoms with van der Waals surface area (Å²) in [6, 6.07) is 17.9. The number of aromatic hydroxyl groups is 1. The number of fused-ring (bicyclic) bond motifs is 1. The predicted molar refractivity (Wildman–Crippen MR) is 118 cm³/mol. The molecular formula is C25H33NO2. The van der Waals surface area contributed by atoms with Crippen LogP contribution in [0.2, 0.25) is 0 Å². The van der Waals surface area contributed by atoms with Crippen molar-refractivity contribution < 1.29 is 9.84 Å². The SMILES string of the molecule is CC.CCCCCCCc1nc2ccccc2c(OCc2ccccc2)c1O. The van der Waals surface area contributed by atoms with Crippen LogP contribution in [0, 0.1) is 0 Å². The predicted octanol–water partition coefficient (Wildman–Crippen LogP) is 7.06. The minimum Gasteiger partial charge on any atom is -0.503 e. The van der Waals surface area contributed by atoms with E-state index in [1.807, 2.05) is 68.4 Å². The molecule has 28 heavy (non-hydrogen) atoms. The normalized spacial score (nSPS) is 10.4. The zero-order valence-corrected chi connectivity index (χ0v) is 17.4. The van der Waals surface area contributed by atoms with Crippen molar-refractivity contribution in [3.63, 3.8) is 0 Å². The maximum Gasteiger partial charge on any atom is 0.180 e. The number of benzene rings is 2. The van der Waals surface area contributed by atoms with Crippen molar-refractivity contribution in [2.45, 2.75) is 65.9 Å². The van der Waals surface area contributed by atoms with Gasteiger partial charge in [0.05, 0.1) is 11.2 Å². The Morgan fingerprint density at radius 1 is 0.857 bits per heavy atom. The van der Waals surface area contributed by atoms with Crippen molar-refractivity contribution in [3.8, 4) is 11.5 Å². The van der Waals surface area contributed by atoms with Gasteiger partial charge in [0.1, 0.15) is 6.61 Å². The number of para-hydroxylation sites is 1. The molecule has 1 heterocycles. The molecule has 0 spiro atoms. The van der Waals surface area contributed by atoms with Crippen molar-refractivity contribution in [1.29, 1.82) is 0 Å². The first-order valence-electron chi connectivity index (χ1n) is 10.6. The van der Waals surface area contributed by atoms with Gasteiger partial charge in [0.2, 0.25) is 0 Å². The Kier molecular flexibility index (Phi) is 9.33. The molecular weight excluding hydrogens is 346 g/mol. The van der Waals surface area contributed by atoms with Crippen molar-refractivity contribution in [1.82, 2.24) is 4.98 Å². The van der Waals surface area contributed by atoms with Crippen molar-refractivity contribution in [3.05, 3.63) is 65.9 Å². The summed E-state index contributed by atoms with van der Waals surface area (Å²) in [5, 5.41) is 11.6. The van der Waals surface area contributed by atoms with Gasteiger partial charge < -0.3 is 9.84 Å². The smallest absolute Gasteiger partial charge is 0.180 e. The Morgan fingerprint density at radius 3 is 2.29 bits per heavy atom. The first-order valence-corrected chi connectivity index (χ1v) is 10.6. The monoisotopic (exact) mass is 379 g/mol. The highest BCUT2D eigenvalue weighted by atomic mass is 16.5. The topological polar surface area (TPSA) is 42.4 Å². The molecule has 0 unspecified atom stereocenters. The Bertz CT molecular complexity index is 831. The first kappa shape index (κ1) is 21.7. The van der Waals surface area contributed by atoms with Gasteiger partial charge in [-0.1, -0.05) is 88.9 Å². The van der Waals surface area contributed by atoms with Crippen LogP contribution in [-0.2, 0) is 13.0 Å². The summed E-state index contributed by atoms with van der Waals surface area (Å²) in [6.07, 6.45) is 6.73. The van der Waals surface area contributed by atoms with Crippen LogP contribution in [0.5, 0.6) is 11.5 Å². The van der Waals surface area contributed by atoms with E-state index < -0.39 is 0 Å². The average molecular weight is 380 g/mol. The molecule has 3 nitrogen and oxygen atoms in total. The maximum absolute atomic E-state index is 10.8. The van der Waals surface area contributed by atoms with Gasteiger partial charge in [0.25, 0.3) is 0 Å². The van der Waals surface area contributed by atoms with Crippen molar-refractivity contribution in [2.24, 2.45) is 0 Å². The minimum absolute atomic E-state index is 0.190. The Labute approximate surface area is 169 Å². The number of hydrogen-bond donors (Lipinski definition) is 1. The van der Waals surface area contributed by atoms with Crippen LogP contribution in [0.1, 0.15) is 64.1 Å². The Hall–Kier alpha value is -2.55. The second kappa shape index (κ2) is 12.0. The molecule has 1 aromatic heterocycles. The van der Waals surface area contributed by atoms with Crippen molar-refractivity contribution in [2.75, 3.05) is 0 Å². The second-order valence-corrected chi connectivity index (χ2v) is 6.69. The molecule has 3 heteroatoms. The molecule has 0 amide bonds. The van der Waals surface area contributed by atoms with Gasteiger partial charge in [-0.3, -0.25) is 0 Å². The maximum atomic E-state index is 10.8. The molecule has 0 fully saturated rings. The zero-order valence-electron chi connectivity index (χ0n) is 17.4. The van der Waals surface area contributed by atoms with Gasteiger partial charge in [-0.2, -0.15) is 0 Å². The summed E-state index contributed by atoms with van der Waals surface area (Å²) < 4.78 is 6.03. The van der Waals surface area contributed by atoms with E-state index in [0.717, 1.165) is 35.0 Å². The van der Waals surface area contributed by atoms with E-state index in [1.54, 1.807) is 0 Å². The van der Waals surface area contributed by atoms with E-state index in [9.17, 15) is 5.11 Å². The molecule has 3 aromatic rings. The van der Waals surface area contributed by atoms with Gasteiger partial charge in [-0.15, -0.1) is 0 Å². The summed E-state index contributed by atoms with van der Waals surface area (Å²) in [6.45, 7) is 6.64. The molecule has 3 rings (SSSR count). The Balaban J connectivity index is 0.00000136.